The SMILES string of the molecule is C[C@@H]1CCCCN1CCCCNC(=O)c1cccc(OCC(N)=O)c1. The lowest BCUT2D eigenvalue weighted by Crippen LogP contribution is -2.38. The molecule has 0 radical (unpaired) electrons. The molecule has 138 valence electrons. The van der Waals surface area contributed by atoms with E-state index in [0.29, 0.717) is 23.9 Å². The quantitative estimate of drug-likeness (QED) is 0.669. The number of hydrogen-bond acceptors (Lipinski definition) is 4. The Morgan fingerprint density at radius 2 is 2.16 bits per heavy atom. The second kappa shape index (κ2) is 10.0. The third kappa shape index (κ3) is 6.74. The van der Waals surface area contributed by atoms with E-state index < -0.39 is 5.91 Å². The first kappa shape index (κ1) is 19.2. The standard InChI is InChI=1S/C19H29N3O3/c1-15-7-2-4-11-22(15)12-5-3-10-21-19(24)16-8-6-9-17(13-16)25-14-18(20)23/h6,8-9,13,15H,2-5,7,10-12,14H2,1H3,(H2,20,23)(H,21,24)/t15-/m1/s1. The maximum absolute atomic E-state index is 12.2. The average molecular weight is 347 g/mol. The summed E-state index contributed by atoms with van der Waals surface area (Å²) in [5.41, 5.74) is 5.57. The molecule has 1 aromatic rings. The molecule has 1 fully saturated rings. The van der Waals surface area contributed by atoms with Gasteiger partial charge in [-0.3, -0.25) is 9.59 Å². The van der Waals surface area contributed by atoms with Crippen molar-refractivity contribution in [3.8, 4) is 5.75 Å². The molecule has 0 bridgehead atoms. The van der Waals surface area contributed by atoms with Crippen molar-refractivity contribution in [1.29, 1.82) is 0 Å². The summed E-state index contributed by atoms with van der Waals surface area (Å²) in [7, 11) is 0. The molecule has 1 saturated heterocycles. The Balaban J connectivity index is 1.67. The summed E-state index contributed by atoms with van der Waals surface area (Å²) in [6, 6.07) is 7.45. The number of piperidine rings is 1. The summed E-state index contributed by atoms with van der Waals surface area (Å²) in [4.78, 5) is 25.5. The largest absolute Gasteiger partial charge is 0.484 e. The second-order valence-electron chi connectivity index (χ2n) is 6.63. The maximum Gasteiger partial charge on any atom is 0.255 e. The molecule has 0 saturated carbocycles. The molecule has 0 aromatic heterocycles. The monoisotopic (exact) mass is 347 g/mol. The number of rotatable bonds is 9. The Kier molecular flexibility index (Phi) is 7.73. The van der Waals surface area contributed by atoms with Crippen LogP contribution in [0.5, 0.6) is 5.75 Å². The van der Waals surface area contributed by atoms with E-state index in [1.165, 1.54) is 25.8 Å². The van der Waals surface area contributed by atoms with Crippen molar-refractivity contribution in [1.82, 2.24) is 10.2 Å². The van der Waals surface area contributed by atoms with Gasteiger partial charge in [-0.15, -0.1) is 0 Å². The predicted octanol–water partition coefficient (Wildman–Crippen LogP) is 1.94. The van der Waals surface area contributed by atoms with E-state index in [9.17, 15) is 9.59 Å². The summed E-state index contributed by atoms with van der Waals surface area (Å²) in [6.07, 6.45) is 6.00. The number of hydrogen-bond donors (Lipinski definition) is 2. The zero-order chi connectivity index (χ0) is 18.1. The van der Waals surface area contributed by atoms with Gasteiger partial charge in [0.15, 0.2) is 6.61 Å². The molecular formula is C19H29N3O3. The molecule has 1 aliphatic heterocycles. The normalized spacial score (nSPS) is 17.9. The molecular weight excluding hydrogens is 318 g/mol. The predicted molar refractivity (Wildman–Crippen MR) is 97.6 cm³/mol. The smallest absolute Gasteiger partial charge is 0.255 e. The van der Waals surface area contributed by atoms with Gasteiger partial charge in [-0.2, -0.15) is 0 Å². The minimum absolute atomic E-state index is 0.129. The molecule has 1 heterocycles. The molecule has 6 heteroatoms. The van der Waals surface area contributed by atoms with Crippen LogP contribution in [-0.4, -0.2) is 49.0 Å². The summed E-state index contributed by atoms with van der Waals surface area (Å²) < 4.78 is 5.22. The van der Waals surface area contributed by atoms with Crippen molar-refractivity contribution in [2.24, 2.45) is 5.73 Å². The summed E-state index contributed by atoms with van der Waals surface area (Å²) in [5, 5.41) is 2.94. The van der Waals surface area contributed by atoms with Gasteiger partial charge in [0.2, 0.25) is 0 Å². The van der Waals surface area contributed by atoms with E-state index in [4.69, 9.17) is 10.5 Å². The Morgan fingerprint density at radius 1 is 1.32 bits per heavy atom. The van der Waals surface area contributed by atoms with Crippen LogP contribution in [0.4, 0.5) is 0 Å². The fourth-order valence-electron chi connectivity index (χ4n) is 3.12. The number of primary amides is 1. The van der Waals surface area contributed by atoms with E-state index in [-0.39, 0.29) is 12.5 Å². The van der Waals surface area contributed by atoms with Crippen molar-refractivity contribution >= 4 is 11.8 Å². The van der Waals surface area contributed by atoms with Crippen LogP contribution in [0.1, 0.15) is 49.4 Å². The first-order chi connectivity index (χ1) is 12.1. The fraction of sp³-hybridized carbons (Fsp3) is 0.579. The van der Waals surface area contributed by atoms with Crippen LogP contribution in [0.25, 0.3) is 0 Å². The summed E-state index contributed by atoms with van der Waals surface area (Å²) in [5.74, 6) is -0.209. The van der Waals surface area contributed by atoms with Crippen LogP contribution in [-0.2, 0) is 4.79 Å². The van der Waals surface area contributed by atoms with E-state index in [0.717, 1.165) is 19.4 Å². The summed E-state index contributed by atoms with van der Waals surface area (Å²) in [6.45, 7) is 5.07. The molecule has 6 nitrogen and oxygen atoms in total. The lowest BCUT2D eigenvalue weighted by Gasteiger charge is -2.33. The molecule has 1 aromatic carbocycles. The van der Waals surface area contributed by atoms with Crippen molar-refractivity contribution in [2.45, 2.75) is 45.1 Å². The third-order valence-electron chi connectivity index (χ3n) is 4.58. The zero-order valence-corrected chi connectivity index (χ0v) is 15.0. The molecule has 0 aliphatic carbocycles. The van der Waals surface area contributed by atoms with Gasteiger partial charge in [0.1, 0.15) is 5.75 Å². The van der Waals surface area contributed by atoms with Gasteiger partial charge in [-0.1, -0.05) is 12.5 Å². The Morgan fingerprint density at radius 3 is 2.92 bits per heavy atom. The highest BCUT2D eigenvalue weighted by atomic mass is 16.5. The van der Waals surface area contributed by atoms with Crippen molar-refractivity contribution in [3.05, 3.63) is 29.8 Å². The van der Waals surface area contributed by atoms with Gasteiger partial charge in [0.25, 0.3) is 11.8 Å². The number of unbranched alkanes of at least 4 members (excludes halogenated alkanes) is 1. The highest BCUT2D eigenvalue weighted by Crippen LogP contribution is 2.16. The van der Waals surface area contributed by atoms with Crippen molar-refractivity contribution < 1.29 is 14.3 Å². The first-order valence-electron chi connectivity index (χ1n) is 9.09. The highest BCUT2D eigenvalue weighted by molar-refractivity contribution is 5.94. The fourth-order valence-corrected chi connectivity index (χ4v) is 3.12. The molecule has 1 atom stereocenters. The zero-order valence-electron chi connectivity index (χ0n) is 15.0. The Labute approximate surface area is 149 Å². The van der Waals surface area contributed by atoms with Crippen LogP contribution < -0.4 is 15.8 Å². The molecule has 1 aliphatic rings. The number of nitrogens with zero attached hydrogens (tertiary/aromatic N) is 1. The number of nitrogens with two attached hydrogens (primary N) is 1. The van der Waals surface area contributed by atoms with Gasteiger partial charge >= 0.3 is 0 Å². The molecule has 0 spiro atoms. The van der Waals surface area contributed by atoms with Crippen LogP contribution in [0.15, 0.2) is 24.3 Å². The van der Waals surface area contributed by atoms with E-state index in [2.05, 4.69) is 17.1 Å². The first-order valence-corrected chi connectivity index (χ1v) is 9.09. The number of carbonyl (C=O) groups excluding carboxylic acids is 2. The molecule has 2 amide bonds. The van der Waals surface area contributed by atoms with Gasteiger partial charge < -0.3 is 20.7 Å². The molecule has 0 unspecified atom stereocenters. The highest BCUT2D eigenvalue weighted by Gasteiger charge is 2.17. The van der Waals surface area contributed by atoms with E-state index in [1.807, 2.05) is 0 Å². The third-order valence-corrected chi connectivity index (χ3v) is 4.58. The second-order valence-corrected chi connectivity index (χ2v) is 6.63. The van der Waals surface area contributed by atoms with Gasteiger partial charge in [-0.25, -0.2) is 0 Å². The number of ether oxygens (including phenoxy) is 1. The van der Waals surface area contributed by atoms with Crippen LogP contribution in [0, 0.1) is 0 Å². The minimum atomic E-state index is -0.544. The molecule has 2 rings (SSSR count). The van der Waals surface area contributed by atoms with Gasteiger partial charge in [0, 0.05) is 18.2 Å². The number of benzene rings is 1. The molecule has 3 N–H and O–H groups in total. The molecule has 25 heavy (non-hydrogen) atoms. The average Bonchev–Trinajstić information content (AvgIpc) is 2.61. The van der Waals surface area contributed by atoms with Crippen LogP contribution in [0.3, 0.4) is 0 Å². The lowest BCUT2D eigenvalue weighted by molar-refractivity contribution is -0.119. The van der Waals surface area contributed by atoms with Crippen LogP contribution in [0.2, 0.25) is 0 Å². The lowest BCUT2D eigenvalue weighted by atomic mass is 10.0. The number of likely N-dealkylation sites (tertiary alicyclic amines) is 1. The minimum Gasteiger partial charge on any atom is -0.484 e. The summed E-state index contributed by atoms with van der Waals surface area (Å²) >= 11 is 0. The van der Waals surface area contributed by atoms with Gasteiger partial charge in [-0.05, 0) is 63.9 Å². The number of amides is 2. The topological polar surface area (TPSA) is 84.7 Å². The van der Waals surface area contributed by atoms with E-state index >= 15 is 0 Å². The van der Waals surface area contributed by atoms with Crippen LogP contribution >= 0.6 is 0 Å². The van der Waals surface area contributed by atoms with E-state index in [1.54, 1.807) is 24.3 Å². The van der Waals surface area contributed by atoms with Crippen molar-refractivity contribution in [2.75, 3.05) is 26.2 Å². The number of nitrogens with one attached hydrogen (secondary N) is 1. The Bertz CT molecular complexity index is 577. The van der Waals surface area contributed by atoms with Gasteiger partial charge in [0.05, 0.1) is 0 Å². The maximum atomic E-state index is 12.2. The number of carbonyl (C=O) groups is 2. The van der Waals surface area contributed by atoms with Crippen molar-refractivity contribution in [3.63, 3.8) is 0 Å². The Hall–Kier alpha value is -2.08.